The van der Waals surface area contributed by atoms with E-state index in [2.05, 4.69) is 27.1 Å². The van der Waals surface area contributed by atoms with Crippen LogP contribution < -0.4 is 0 Å². The number of rotatable bonds is 3. The van der Waals surface area contributed by atoms with E-state index in [0.29, 0.717) is 13.0 Å². The molecule has 0 aliphatic carbocycles. The number of terminal acetylenes is 1. The van der Waals surface area contributed by atoms with Crippen LogP contribution in [0.2, 0.25) is 0 Å². The largest absolute Gasteiger partial charge is 0.304 e. The van der Waals surface area contributed by atoms with Crippen molar-refractivity contribution in [2.24, 2.45) is 0 Å². The standard InChI is InChI=1S/C4H5IOS/c1-2-3-4-6-7-5/h1H,3-4H2. The van der Waals surface area contributed by atoms with Crippen LogP contribution in [0.25, 0.3) is 0 Å². The fourth-order valence-corrected chi connectivity index (χ4v) is 0.818. The van der Waals surface area contributed by atoms with E-state index in [1.165, 1.54) is 9.21 Å². The van der Waals surface area contributed by atoms with Crippen molar-refractivity contribution < 1.29 is 4.18 Å². The van der Waals surface area contributed by atoms with E-state index < -0.39 is 0 Å². The Hall–Kier alpha value is 0.600. The van der Waals surface area contributed by atoms with Crippen LogP contribution in [0.3, 0.4) is 0 Å². The van der Waals surface area contributed by atoms with Crippen molar-refractivity contribution in [1.82, 2.24) is 0 Å². The van der Waals surface area contributed by atoms with Crippen molar-refractivity contribution in [3.8, 4) is 12.3 Å². The third-order valence-corrected chi connectivity index (χ3v) is 1.39. The predicted octanol–water partition coefficient (Wildman–Crippen LogP) is 2.02. The van der Waals surface area contributed by atoms with Crippen LogP contribution in [-0.2, 0) is 4.18 Å². The summed E-state index contributed by atoms with van der Waals surface area (Å²) >= 11 is 2.05. The smallest absolute Gasteiger partial charge is 0.0732 e. The van der Waals surface area contributed by atoms with E-state index in [4.69, 9.17) is 10.6 Å². The lowest BCUT2D eigenvalue weighted by molar-refractivity contribution is 0.393. The lowest BCUT2D eigenvalue weighted by atomic mass is 10.5. The second-order valence-electron chi connectivity index (χ2n) is 0.839. The molecule has 0 aliphatic rings. The molecule has 0 N–H and O–H groups in total. The zero-order chi connectivity index (χ0) is 5.54. The highest BCUT2D eigenvalue weighted by Crippen LogP contribution is 2.11. The number of hydrogen-bond acceptors (Lipinski definition) is 2. The first-order chi connectivity index (χ1) is 3.41. The first kappa shape index (κ1) is 7.60. The molecule has 0 aromatic carbocycles. The molecule has 1 nitrogen and oxygen atoms in total. The van der Waals surface area contributed by atoms with E-state index in [1.807, 2.05) is 0 Å². The minimum absolute atomic E-state index is 0.657. The van der Waals surface area contributed by atoms with Crippen molar-refractivity contribution in [2.45, 2.75) is 6.42 Å². The molecule has 0 spiro atoms. The molecule has 0 fully saturated rings. The Bertz CT molecular complexity index is 68.6. The first-order valence-corrected chi connectivity index (χ1v) is 5.04. The summed E-state index contributed by atoms with van der Waals surface area (Å²) in [5.41, 5.74) is 0. The third-order valence-electron chi connectivity index (χ3n) is 0.374. The minimum Gasteiger partial charge on any atom is -0.304 e. The molecule has 0 saturated heterocycles. The Kier molecular flexibility index (Phi) is 7.17. The molecule has 0 aromatic rings. The topological polar surface area (TPSA) is 9.23 Å². The molecular formula is C4H5IOS. The Morgan fingerprint density at radius 3 is 3.00 bits per heavy atom. The van der Waals surface area contributed by atoms with Gasteiger partial charge in [-0.05, 0) is 0 Å². The number of halogens is 1. The second-order valence-corrected chi connectivity index (χ2v) is 2.28. The normalized spacial score (nSPS) is 8.00. The lowest BCUT2D eigenvalue weighted by Gasteiger charge is -1.87. The van der Waals surface area contributed by atoms with Crippen molar-refractivity contribution in [1.29, 1.82) is 0 Å². The van der Waals surface area contributed by atoms with Crippen molar-refractivity contribution in [3.05, 3.63) is 0 Å². The maximum atomic E-state index is 4.93. The molecule has 0 unspecified atom stereocenters. The molecule has 0 amide bonds. The molecule has 7 heavy (non-hydrogen) atoms. The van der Waals surface area contributed by atoms with Gasteiger partial charge in [-0.15, -0.1) is 12.3 Å². The van der Waals surface area contributed by atoms with Gasteiger partial charge in [0.1, 0.15) is 0 Å². The van der Waals surface area contributed by atoms with Crippen LogP contribution in [0.15, 0.2) is 0 Å². The van der Waals surface area contributed by atoms with E-state index in [-0.39, 0.29) is 0 Å². The summed E-state index contributed by atoms with van der Waals surface area (Å²) < 4.78 is 4.83. The monoisotopic (exact) mass is 228 g/mol. The van der Waals surface area contributed by atoms with Gasteiger partial charge in [0.2, 0.25) is 0 Å². The van der Waals surface area contributed by atoms with Gasteiger partial charge in [0.05, 0.1) is 15.8 Å². The van der Waals surface area contributed by atoms with Gasteiger partial charge in [0.25, 0.3) is 0 Å². The van der Waals surface area contributed by atoms with Crippen LogP contribution in [0.5, 0.6) is 0 Å². The molecule has 0 rings (SSSR count). The third kappa shape index (κ3) is 6.60. The van der Waals surface area contributed by atoms with E-state index in [9.17, 15) is 0 Å². The Morgan fingerprint density at radius 2 is 2.57 bits per heavy atom. The Labute approximate surface area is 60.0 Å². The molecule has 0 saturated carbocycles. The van der Waals surface area contributed by atoms with Gasteiger partial charge in [0.15, 0.2) is 0 Å². The maximum absolute atomic E-state index is 4.93. The SMILES string of the molecule is C#CCCOSI. The van der Waals surface area contributed by atoms with Crippen molar-refractivity contribution in [3.63, 3.8) is 0 Å². The average Bonchev–Trinajstić information content (AvgIpc) is 1.69. The van der Waals surface area contributed by atoms with Gasteiger partial charge in [-0.3, -0.25) is 0 Å². The van der Waals surface area contributed by atoms with Crippen LogP contribution >= 0.6 is 30.4 Å². The molecule has 0 aromatic heterocycles. The fourth-order valence-electron chi connectivity index (χ4n) is 0.132. The van der Waals surface area contributed by atoms with E-state index >= 15 is 0 Å². The highest BCUT2D eigenvalue weighted by molar-refractivity contribution is 14.2. The second kappa shape index (κ2) is 6.60. The van der Waals surface area contributed by atoms with Crippen molar-refractivity contribution >= 4 is 30.4 Å². The number of hydrogen-bond donors (Lipinski definition) is 0. The van der Waals surface area contributed by atoms with Gasteiger partial charge in [-0.2, -0.15) is 0 Å². The lowest BCUT2D eigenvalue weighted by Crippen LogP contribution is -1.78. The summed E-state index contributed by atoms with van der Waals surface area (Å²) in [6.07, 6.45) is 5.63. The summed E-state index contributed by atoms with van der Waals surface area (Å²) in [4.78, 5) is 0. The molecule has 3 heteroatoms. The first-order valence-electron chi connectivity index (χ1n) is 1.75. The van der Waals surface area contributed by atoms with Crippen LogP contribution in [-0.4, -0.2) is 6.61 Å². The fraction of sp³-hybridized carbons (Fsp3) is 0.500. The molecule has 0 atom stereocenters. The average molecular weight is 228 g/mol. The highest BCUT2D eigenvalue weighted by Gasteiger charge is 1.78. The molecule has 0 bridgehead atoms. The predicted molar refractivity (Wildman–Crippen MR) is 41.0 cm³/mol. The zero-order valence-corrected chi connectivity index (χ0v) is 6.66. The van der Waals surface area contributed by atoms with Gasteiger partial charge in [-0.25, -0.2) is 0 Å². The molecule has 0 heterocycles. The summed E-state index contributed by atoms with van der Waals surface area (Å²) in [6, 6.07) is 0. The molecular weight excluding hydrogens is 223 g/mol. The Balaban J connectivity index is 2.60. The van der Waals surface area contributed by atoms with Crippen LogP contribution in [0.4, 0.5) is 0 Å². The highest BCUT2D eigenvalue weighted by atomic mass is 127. The van der Waals surface area contributed by atoms with Gasteiger partial charge >= 0.3 is 0 Å². The molecule has 0 aliphatic heterocycles. The van der Waals surface area contributed by atoms with E-state index in [1.54, 1.807) is 0 Å². The van der Waals surface area contributed by atoms with E-state index in [0.717, 1.165) is 0 Å². The van der Waals surface area contributed by atoms with Crippen LogP contribution in [0, 0.1) is 12.3 Å². The summed E-state index contributed by atoms with van der Waals surface area (Å²) in [5, 5.41) is 0. The zero-order valence-electron chi connectivity index (χ0n) is 3.69. The quantitative estimate of drug-likeness (QED) is 0.316. The minimum atomic E-state index is 0.657. The van der Waals surface area contributed by atoms with Gasteiger partial charge in [0, 0.05) is 27.6 Å². The van der Waals surface area contributed by atoms with Crippen LogP contribution in [0.1, 0.15) is 6.42 Å². The summed E-state index contributed by atoms with van der Waals surface area (Å²) in [7, 11) is 1.32. The Morgan fingerprint density at radius 1 is 1.86 bits per heavy atom. The maximum Gasteiger partial charge on any atom is 0.0732 e. The summed E-state index contributed by atoms with van der Waals surface area (Å²) in [6.45, 7) is 0.657. The molecule has 40 valence electrons. The van der Waals surface area contributed by atoms with Gasteiger partial charge < -0.3 is 4.18 Å². The van der Waals surface area contributed by atoms with Crippen molar-refractivity contribution in [2.75, 3.05) is 6.61 Å². The molecule has 0 radical (unpaired) electrons. The summed E-state index contributed by atoms with van der Waals surface area (Å²) in [5.74, 6) is 2.46. The van der Waals surface area contributed by atoms with Gasteiger partial charge in [-0.1, -0.05) is 0 Å².